The van der Waals surface area contributed by atoms with Gasteiger partial charge >= 0.3 is 6.09 Å². The van der Waals surface area contributed by atoms with E-state index in [1.54, 1.807) is 6.92 Å². The quantitative estimate of drug-likeness (QED) is 0.591. The molecule has 1 aliphatic rings. The van der Waals surface area contributed by atoms with Gasteiger partial charge in [0.1, 0.15) is 6.61 Å². The number of nitrogens with zero attached hydrogens (tertiary/aromatic N) is 1. The fourth-order valence-electron chi connectivity index (χ4n) is 1.12. The molecule has 0 aromatic heterocycles. The van der Waals surface area contributed by atoms with Gasteiger partial charge in [0.2, 0.25) is 5.91 Å². The van der Waals surface area contributed by atoms with Gasteiger partial charge in [-0.15, -0.1) is 0 Å². The summed E-state index contributed by atoms with van der Waals surface area (Å²) >= 11 is 0. The van der Waals surface area contributed by atoms with E-state index >= 15 is 0 Å². The number of hydrogen-bond donors (Lipinski definition) is 0. The molecule has 4 nitrogen and oxygen atoms in total. The lowest BCUT2D eigenvalue weighted by Gasteiger charge is -2.34. The van der Waals surface area contributed by atoms with Crippen molar-refractivity contribution in [3.05, 3.63) is 0 Å². The van der Waals surface area contributed by atoms with Crippen LogP contribution in [0.25, 0.3) is 0 Å². The van der Waals surface area contributed by atoms with Crippen LogP contribution in [-0.2, 0) is 9.53 Å². The molecular weight excluding hydrogens is 158 g/mol. The van der Waals surface area contributed by atoms with Gasteiger partial charge in [0.15, 0.2) is 0 Å². The minimum atomic E-state index is -0.550. The molecule has 4 heteroatoms. The van der Waals surface area contributed by atoms with Crippen molar-refractivity contribution in [2.24, 2.45) is 5.41 Å². The maximum atomic E-state index is 11.5. The number of ether oxygens (including phenoxy) is 1. The summed E-state index contributed by atoms with van der Waals surface area (Å²) in [4.78, 5) is 23.4. The predicted octanol–water partition coefficient (Wildman–Crippen LogP) is 1.01. The molecule has 2 amide bonds. The fraction of sp³-hybridized carbons (Fsp3) is 0.750. The summed E-state index contributed by atoms with van der Waals surface area (Å²) in [6.07, 6.45) is 0.134. The summed E-state index contributed by atoms with van der Waals surface area (Å²) in [6.45, 7) is 3.91. The Morgan fingerprint density at radius 2 is 2.17 bits per heavy atom. The fourth-order valence-corrected chi connectivity index (χ4v) is 1.12. The Labute approximate surface area is 71.5 Å². The highest BCUT2D eigenvalue weighted by Gasteiger charge is 2.42. The first-order valence-corrected chi connectivity index (χ1v) is 3.96. The second-order valence-electron chi connectivity index (χ2n) is 3.33. The summed E-state index contributed by atoms with van der Waals surface area (Å²) in [5.41, 5.74) is -0.525. The third-order valence-electron chi connectivity index (χ3n) is 2.39. The molecule has 1 aliphatic heterocycles. The highest BCUT2D eigenvalue weighted by molar-refractivity contribution is 5.96. The van der Waals surface area contributed by atoms with Gasteiger partial charge in [-0.2, -0.15) is 0 Å². The second-order valence-corrected chi connectivity index (χ2v) is 3.33. The van der Waals surface area contributed by atoms with Crippen molar-refractivity contribution in [3.63, 3.8) is 0 Å². The Morgan fingerprint density at radius 1 is 1.58 bits per heavy atom. The Balaban J connectivity index is 2.85. The number of carbonyl (C=O) groups excluding carboxylic acids is 2. The zero-order chi connectivity index (χ0) is 9.35. The predicted molar refractivity (Wildman–Crippen MR) is 42.5 cm³/mol. The zero-order valence-electron chi connectivity index (χ0n) is 7.59. The largest absolute Gasteiger partial charge is 0.448 e. The maximum Gasteiger partial charge on any atom is 0.416 e. The summed E-state index contributed by atoms with van der Waals surface area (Å²) in [7, 11) is 1.44. The highest BCUT2D eigenvalue weighted by atomic mass is 16.6. The Bertz CT molecular complexity index is 226. The molecule has 1 heterocycles. The Kier molecular flexibility index (Phi) is 2.08. The van der Waals surface area contributed by atoms with Crippen molar-refractivity contribution >= 4 is 12.0 Å². The van der Waals surface area contributed by atoms with Gasteiger partial charge in [0, 0.05) is 7.05 Å². The second kappa shape index (κ2) is 2.77. The van der Waals surface area contributed by atoms with Crippen LogP contribution in [0.1, 0.15) is 20.3 Å². The van der Waals surface area contributed by atoms with Crippen LogP contribution in [0.15, 0.2) is 0 Å². The number of hydrogen-bond acceptors (Lipinski definition) is 3. The van der Waals surface area contributed by atoms with Crippen molar-refractivity contribution in [3.8, 4) is 0 Å². The summed E-state index contributed by atoms with van der Waals surface area (Å²) in [5.74, 6) is -0.152. The normalized spacial score (nSPS) is 30.4. The minimum Gasteiger partial charge on any atom is -0.448 e. The van der Waals surface area contributed by atoms with Gasteiger partial charge in [-0.1, -0.05) is 6.92 Å². The number of cyclic esters (lactones) is 1. The van der Waals surface area contributed by atoms with Crippen molar-refractivity contribution in [1.82, 2.24) is 4.90 Å². The molecule has 1 atom stereocenters. The van der Waals surface area contributed by atoms with E-state index in [4.69, 9.17) is 4.74 Å². The first-order chi connectivity index (χ1) is 5.51. The van der Waals surface area contributed by atoms with Crippen molar-refractivity contribution in [2.45, 2.75) is 20.3 Å². The molecule has 0 saturated carbocycles. The van der Waals surface area contributed by atoms with Gasteiger partial charge in [-0.3, -0.25) is 4.79 Å². The lowest BCUT2D eigenvalue weighted by atomic mass is 9.86. The molecule has 0 aliphatic carbocycles. The van der Waals surface area contributed by atoms with Gasteiger partial charge in [-0.25, -0.2) is 9.69 Å². The van der Waals surface area contributed by atoms with E-state index < -0.39 is 11.5 Å². The molecule has 0 N–H and O–H groups in total. The first-order valence-electron chi connectivity index (χ1n) is 3.96. The molecule has 1 saturated heterocycles. The van der Waals surface area contributed by atoms with Crippen LogP contribution >= 0.6 is 0 Å². The van der Waals surface area contributed by atoms with Crippen LogP contribution in [0.2, 0.25) is 0 Å². The summed E-state index contributed by atoms with van der Waals surface area (Å²) in [5, 5.41) is 0. The zero-order valence-corrected chi connectivity index (χ0v) is 7.59. The maximum absolute atomic E-state index is 11.5. The average molecular weight is 171 g/mol. The molecular formula is C8H13NO3. The molecule has 0 spiro atoms. The standard InChI is InChI=1S/C8H13NO3/c1-4-8(2)5-12-7(11)9(3)6(8)10/h4-5H2,1-3H3. The molecule has 68 valence electrons. The number of rotatable bonds is 1. The molecule has 0 aromatic carbocycles. The van der Waals surface area contributed by atoms with E-state index in [9.17, 15) is 9.59 Å². The third kappa shape index (κ3) is 1.17. The molecule has 1 rings (SSSR count). The van der Waals surface area contributed by atoms with Crippen LogP contribution in [0.3, 0.4) is 0 Å². The monoisotopic (exact) mass is 171 g/mol. The van der Waals surface area contributed by atoms with Crippen LogP contribution in [-0.4, -0.2) is 30.6 Å². The highest BCUT2D eigenvalue weighted by Crippen LogP contribution is 2.28. The lowest BCUT2D eigenvalue weighted by molar-refractivity contribution is -0.146. The van der Waals surface area contributed by atoms with Crippen LogP contribution in [0.5, 0.6) is 0 Å². The SMILES string of the molecule is CCC1(C)COC(=O)N(C)C1=O. The van der Waals surface area contributed by atoms with E-state index in [1.807, 2.05) is 6.92 Å². The van der Waals surface area contributed by atoms with Gasteiger partial charge in [0.25, 0.3) is 0 Å². The summed E-state index contributed by atoms with van der Waals surface area (Å²) in [6, 6.07) is 0. The molecule has 1 unspecified atom stereocenters. The molecule has 0 bridgehead atoms. The van der Waals surface area contributed by atoms with E-state index in [0.29, 0.717) is 6.42 Å². The first kappa shape index (κ1) is 9.03. The molecule has 12 heavy (non-hydrogen) atoms. The van der Waals surface area contributed by atoms with E-state index in [1.165, 1.54) is 7.05 Å². The smallest absolute Gasteiger partial charge is 0.416 e. The van der Waals surface area contributed by atoms with Crippen LogP contribution < -0.4 is 0 Å². The van der Waals surface area contributed by atoms with Crippen molar-refractivity contribution in [2.75, 3.05) is 13.7 Å². The van der Waals surface area contributed by atoms with Gasteiger partial charge in [0.05, 0.1) is 5.41 Å². The molecule has 1 fully saturated rings. The van der Waals surface area contributed by atoms with E-state index in [0.717, 1.165) is 4.90 Å². The molecule has 0 radical (unpaired) electrons. The van der Waals surface area contributed by atoms with Crippen LogP contribution in [0.4, 0.5) is 4.79 Å². The van der Waals surface area contributed by atoms with E-state index in [-0.39, 0.29) is 12.5 Å². The number of imide groups is 1. The minimum absolute atomic E-state index is 0.152. The van der Waals surface area contributed by atoms with Gasteiger partial charge in [-0.05, 0) is 13.3 Å². The van der Waals surface area contributed by atoms with Gasteiger partial charge < -0.3 is 4.74 Å². The summed E-state index contributed by atoms with van der Waals surface area (Å²) < 4.78 is 4.83. The topological polar surface area (TPSA) is 46.6 Å². The lowest BCUT2D eigenvalue weighted by Crippen LogP contribution is -2.51. The average Bonchev–Trinajstić information content (AvgIpc) is 2.09. The van der Waals surface area contributed by atoms with E-state index in [2.05, 4.69) is 0 Å². The van der Waals surface area contributed by atoms with Crippen molar-refractivity contribution in [1.29, 1.82) is 0 Å². The Morgan fingerprint density at radius 3 is 2.67 bits per heavy atom. The third-order valence-corrected chi connectivity index (χ3v) is 2.39. The van der Waals surface area contributed by atoms with Crippen molar-refractivity contribution < 1.29 is 14.3 Å². The van der Waals surface area contributed by atoms with Crippen LogP contribution in [0, 0.1) is 5.41 Å². The molecule has 0 aromatic rings. The number of carbonyl (C=O) groups is 2. The Hall–Kier alpha value is -1.06. The number of amides is 2.